The molecule has 1 N–H and O–H groups in total. The fourth-order valence-corrected chi connectivity index (χ4v) is 3.92. The highest BCUT2D eigenvalue weighted by Crippen LogP contribution is 2.21. The molecule has 2 aromatic carbocycles. The first-order valence-electron chi connectivity index (χ1n) is 10.6. The van der Waals surface area contributed by atoms with Crippen molar-refractivity contribution < 1.29 is 4.39 Å². The van der Waals surface area contributed by atoms with Crippen molar-refractivity contribution in [2.45, 2.75) is 26.4 Å². The Morgan fingerprint density at radius 3 is 2.43 bits per heavy atom. The minimum Gasteiger partial charge on any atom is -0.368 e. The van der Waals surface area contributed by atoms with E-state index in [9.17, 15) is 4.39 Å². The van der Waals surface area contributed by atoms with E-state index >= 15 is 0 Å². The molecule has 156 valence electrons. The molecule has 0 unspecified atom stereocenters. The quantitative estimate of drug-likeness (QED) is 0.645. The summed E-state index contributed by atoms with van der Waals surface area (Å²) in [6, 6.07) is 19.9. The highest BCUT2D eigenvalue weighted by Gasteiger charge is 2.18. The van der Waals surface area contributed by atoms with Crippen molar-refractivity contribution in [3.05, 3.63) is 89.4 Å². The third kappa shape index (κ3) is 4.97. The average Bonchev–Trinajstić information content (AvgIpc) is 2.78. The number of halogens is 1. The maximum absolute atomic E-state index is 13.2. The Labute approximate surface area is 178 Å². The van der Waals surface area contributed by atoms with E-state index in [0.29, 0.717) is 6.04 Å². The molecule has 0 saturated carbocycles. The van der Waals surface area contributed by atoms with Gasteiger partial charge in [-0.15, -0.1) is 0 Å². The first-order valence-corrected chi connectivity index (χ1v) is 10.6. The second-order valence-electron chi connectivity index (χ2n) is 7.99. The van der Waals surface area contributed by atoms with Gasteiger partial charge >= 0.3 is 0 Å². The highest BCUT2D eigenvalue weighted by atomic mass is 19.1. The molecule has 4 rings (SSSR count). The van der Waals surface area contributed by atoms with Gasteiger partial charge in [0.05, 0.1) is 0 Å². The van der Waals surface area contributed by atoms with Crippen LogP contribution in [0, 0.1) is 12.7 Å². The van der Waals surface area contributed by atoms with Crippen molar-refractivity contribution in [1.29, 1.82) is 0 Å². The van der Waals surface area contributed by atoms with Gasteiger partial charge in [0.15, 0.2) is 0 Å². The monoisotopic (exact) mass is 404 g/mol. The van der Waals surface area contributed by atoms with Crippen LogP contribution in [0.5, 0.6) is 0 Å². The van der Waals surface area contributed by atoms with Crippen LogP contribution in [0.25, 0.3) is 0 Å². The first kappa shape index (κ1) is 20.4. The van der Waals surface area contributed by atoms with Crippen molar-refractivity contribution in [3.63, 3.8) is 0 Å². The summed E-state index contributed by atoms with van der Waals surface area (Å²) in [7, 11) is 0. The summed E-state index contributed by atoms with van der Waals surface area (Å²) in [5, 5.41) is 3.62. The van der Waals surface area contributed by atoms with Crippen LogP contribution in [-0.2, 0) is 6.54 Å². The summed E-state index contributed by atoms with van der Waals surface area (Å²) in [6.45, 7) is 8.75. The summed E-state index contributed by atoms with van der Waals surface area (Å²) in [6.07, 6.45) is 1.90. The van der Waals surface area contributed by atoms with E-state index in [0.717, 1.165) is 44.2 Å². The predicted octanol–water partition coefficient (Wildman–Crippen LogP) is 4.71. The van der Waals surface area contributed by atoms with E-state index in [1.165, 1.54) is 28.8 Å². The fourth-order valence-electron chi connectivity index (χ4n) is 3.92. The molecule has 3 aromatic rings. The van der Waals surface area contributed by atoms with Crippen molar-refractivity contribution in [1.82, 2.24) is 10.3 Å². The zero-order valence-corrected chi connectivity index (χ0v) is 17.7. The number of aryl methyl sites for hydroxylation is 1. The molecule has 0 radical (unpaired) electrons. The number of hydrogen-bond donors (Lipinski definition) is 1. The molecule has 4 nitrogen and oxygen atoms in total. The first-order chi connectivity index (χ1) is 14.6. The number of rotatable bonds is 6. The molecule has 30 heavy (non-hydrogen) atoms. The predicted molar refractivity (Wildman–Crippen MR) is 121 cm³/mol. The molecule has 0 spiro atoms. The van der Waals surface area contributed by atoms with Crippen LogP contribution in [0.3, 0.4) is 0 Å². The lowest BCUT2D eigenvalue weighted by Gasteiger charge is -2.36. The largest absolute Gasteiger partial charge is 0.368 e. The van der Waals surface area contributed by atoms with Crippen LogP contribution in [-0.4, -0.2) is 31.2 Å². The molecule has 1 aliphatic rings. The third-order valence-electron chi connectivity index (χ3n) is 5.76. The molecule has 1 fully saturated rings. The van der Waals surface area contributed by atoms with Crippen molar-refractivity contribution in [2.24, 2.45) is 0 Å². The number of aromatic nitrogens is 1. The van der Waals surface area contributed by atoms with Gasteiger partial charge in [0.2, 0.25) is 0 Å². The Morgan fingerprint density at radius 1 is 0.967 bits per heavy atom. The Bertz CT molecular complexity index is 965. The number of piperazine rings is 1. The number of hydrogen-bond acceptors (Lipinski definition) is 4. The summed E-state index contributed by atoms with van der Waals surface area (Å²) in [4.78, 5) is 9.22. The van der Waals surface area contributed by atoms with Gasteiger partial charge in [-0.05, 0) is 61.4 Å². The minimum atomic E-state index is -0.191. The van der Waals surface area contributed by atoms with Gasteiger partial charge < -0.3 is 15.1 Å². The van der Waals surface area contributed by atoms with Crippen molar-refractivity contribution in [3.8, 4) is 0 Å². The topological polar surface area (TPSA) is 31.4 Å². The maximum Gasteiger partial charge on any atom is 0.128 e. The summed E-state index contributed by atoms with van der Waals surface area (Å²) in [5.41, 5.74) is 4.90. The van der Waals surface area contributed by atoms with E-state index in [1.54, 1.807) is 0 Å². The Balaban J connectivity index is 1.34. The highest BCUT2D eigenvalue weighted by molar-refractivity contribution is 5.49. The lowest BCUT2D eigenvalue weighted by molar-refractivity contribution is 0.573. The molecule has 1 saturated heterocycles. The van der Waals surface area contributed by atoms with Gasteiger partial charge in [-0.25, -0.2) is 9.37 Å². The lowest BCUT2D eigenvalue weighted by atomic mass is 10.1. The number of nitrogens with zero attached hydrogens (tertiary/aromatic N) is 3. The summed E-state index contributed by atoms with van der Waals surface area (Å²) < 4.78 is 13.2. The normalized spacial score (nSPS) is 15.3. The molecule has 0 aliphatic carbocycles. The van der Waals surface area contributed by atoms with Crippen LogP contribution in [0.15, 0.2) is 66.9 Å². The van der Waals surface area contributed by atoms with E-state index in [-0.39, 0.29) is 5.82 Å². The number of nitrogens with one attached hydrogen (secondary N) is 1. The molecule has 0 amide bonds. The van der Waals surface area contributed by atoms with E-state index in [2.05, 4.69) is 70.3 Å². The smallest absolute Gasteiger partial charge is 0.128 e. The summed E-state index contributed by atoms with van der Waals surface area (Å²) in [5.74, 6) is 0.833. The van der Waals surface area contributed by atoms with E-state index < -0.39 is 0 Å². The third-order valence-corrected chi connectivity index (χ3v) is 5.76. The fraction of sp³-hybridized carbons (Fsp3) is 0.320. The van der Waals surface area contributed by atoms with E-state index in [1.807, 2.05) is 18.3 Å². The van der Waals surface area contributed by atoms with Gasteiger partial charge in [-0.1, -0.05) is 29.8 Å². The van der Waals surface area contributed by atoms with Crippen LogP contribution in [0.2, 0.25) is 0 Å². The van der Waals surface area contributed by atoms with Gasteiger partial charge in [-0.3, -0.25) is 0 Å². The second kappa shape index (κ2) is 9.26. The lowest BCUT2D eigenvalue weighted by Crippen LogP contribution is -2.46. The van der Waals surface area contributed by atoms with E-state index in [4.69, 9.17) is 0 Å². The average molecular weight is 405 g/mol. The van der Waals surface area contributed by atoms with Gasteiger partial charge in [-0.2, -0.15) is 0 Å². The molecule has 0 bridgehead atoms. The van der Waals surface area contributed by atoms with Crippen molar-refractivity contribution in [2.75, 3.05) is 36.0 Å². The standard InChI is InChI=1S/C25H29FN4/c1-19-4-3-5-22(16-19)20(2)28-18-21-10-11-27-25(17-21)30-14-12-29(13-15-30)24-8-6-23(26)7-9-24/h3-11,16-17,20,28H,12-15,18H2,1-2H3/t20-/m1/s1. The second-order valence-corrected chi connectivity index (χ2v) is 7.99. The van der Waals surface area contributed by atoms with Crippen molar-refractivity contribution >= 4 is 11.5 Å². The Kier molecular flexibility index (Phi) is 6.29. The van der Waals surface area contributed by atoms with Crippen LogP contribution in [0.4, 0.5) is 15.9 Å². The van der Waals surface area contributed by atoms with Crippen LogP contribution >= 0.6 is 0 Å². The minimum absolute atomic E-state index is 0.191. The molecule has 1 aliphatic heterocycles. The molecule has 5 heteroatoms. The van der Waals surface area contributed by atoms with Crippen LogP contribution in [0.1, 0.15) is 29.7 Å². The molecule has 2 heterocycles. The number of pyridine rings is 1. The molecule has 1 aromatic heterocycles. The summed E-state index contributed by atoms with van der Waals surface area (Å²) >= 11 is 0. The van der Waals surface area contributed by atoms with Crippen LogP contribution < -0.4 is 15.1 Å². The van der Waals surface area contributed by atoms with Gasteiger partial charge in [0.25, 0.3) is 0 Å². The molecule has 1 atom stereocenters. The van der Waals surface area contributed by atoms with Gasteiger partial charge in [0, 0.05) is 50.6 Å². The Hall–Kier alpha value is -2.92. The maximum atomic E-state index is 13.2. The number of anilines is 2. The number of benzene rings is 2. The molecular formula is C25H29FN4. The Morgan fingerprint density at radius 2 is 1.70 bits per heavy atom. The molecular weight excluding hydrogens is 375 g/mol. The zero-order valence-electron chi connectivity index (χ0n) is 17.7. The van der Waals surface area contributed by atoms with Gasteiger partial charge in [0.1, 0.15) is 11.6 Å². The zero-order chi connectivity index (χ0) is 20.9. The SMILES string of the molecule is Cc1cccc([C@@H](C)NCc2ccnc(N3CCN(c4ccc(F)cc4)CC3)c2)c1.